The number of benzene rings is 1. The van der Waals surface area contributed by atoms with E-state index in [0.29, 0.717) is 5.92 Å². The third kappa shape index (κ3) is 1.84. The van der Waals surface area contributed by atoms with E-state index in [0.717, 1.165) is 25.0 Å². The van der Waals surface area contributed by atoms with Crippen LogP contribution in [0.1, 0.15) is 40.0 Å². The molecular formula is C16H20F3N. The molecule has 2 aliphatic rings. The molecule has 0 saturated heterocycles. The minimum atomic E-state index is -0.885. The molecule has 2 aliphatic carbocycles. The van der Waals surface area contributed by atoms with Gasteiger partial charge >= 0.3 is 0 Å². The molecule has 3 rings (SSSR count). The normalized spacial score (nSPS) is 34.5. The van der Waals surface area contributed by atoms with Gasteiger partial charge in [-0.1, -0.05) is 20.8 Å². The van der Waals surface area contributed by atoms with Crippen LogP contribution >= 0.6 is 0 Å². The molecule has 0 aliphatic heterocycles. The van der Waals surface area contributed by atoms with Gasteiger partial charge in [0.25, 0.3) is 0 Å². The fraction of sp³-hybridized carbons (Fsp3) is 0.625. The minimum Gasteiger partial charge on any atom is -0.376 e. The number of nitrogens with one attached hydrogen (secondary N) is 1. The predicted octanol–water partition coefficient (Wildman–Crippen LogP) is 4.73. The average Bonchev–Trinajstić information content (AvgIpc) is 2.77. The van der Waals surface area contributed by atoms with E-state index in [2.05, 4.69) is 26.1 Å². The van der Waals surface area contributed by atoms with Gasteiger partial charge in [-0.3, -0.25) is 0 Å². The van der Waals surface area contributed by atoms with Crippen molar-refractivity contribution in [3.63, 3.8) is 0 Å². The van der Waals surface area contributed by atoms with Crippen LogP contribution in [0.2, 0.25) is 0 Å². The maximum atomic E-state index is 13.8. The van der Waals surface area contributed by atoms with Gasteiger partial charge in [-0.25, -0.2) is 13.2 Å². The van der Waals surface area contributed by atoms with Crippen molar-refractivity contribution in [2.45, 2.75) is 46.1 Å². The summed E-state index contributed by atoms with van der Waals surface area (Å²) in [6.45, 7) is 6.48. The lowest BCUT2D eigenvalue weighted by Gasteiger charge is -2.43. The van der Waals surface area contributed by atoms with Gasteiger partial charge in [0.05, 0.1) is 0 Å². The van der Waals surface area contributed by atoms with Gasteiger partial charge in [0.2, 0.25) is 0 Å². The molecule has 0 heterocycles. The lowest BCUT2D eigenvalue weighted by molar-refractivity contribution is 0.155. The number of rotatable bonds is 2. The number of hydrogen-bond donors (Lipinski definition) is 1. The Morgan fingerprint density at radius 3 is 2.20 bits per heavy atom. The molecule has 2 fully saturated rings. The number of hydrogen-bond acceptors (Lipinski definition) is 1. The van der Waals surface area contributed by atoms with E-state index in [-0.39, 0.29) is 22.6 Å². The van der Waals surface area contributed by atoms with E-state index < -0.39 is 17.5 Å². The second-order valence-electron chi connectivity index (χ2n) is 7.24. The molecule has 3 atom stereocenters. The van der Waals surface area contributed by atoms with E-state index in [1.165, 1.54) is 6.42 Å². The van der Waals surface area contributed by atoms with Crippen molar-refractivity contribution in [2.24, 2.45) is 16.7 Å². The van der Waals surface area contributed by atoms with Gasteiger partial charge in [0.1, 0.15) is 11.5 Å². The lowest BCUT2D eigenvalue weighted by Crippen LogP contribution is -2.46. The highest BCUT2D eigenvalue weighted by Gasteiger charge is 2.59. The van der Waals surface area contributed by atoms with Crippen LogP contribution in [0.3, 0.4) is 0 Å². The third-order valence-corrected chi connectivity index (χ3v) is 5.57. The lowest BCUT2D eigenvalue weighted by atomic mass is 9.68. The molecule has 1 aromatic carbocycles. The Morgan fingerprint density at radius 2 is 1.70 bits per heavy atom. The number of fused-ring (bicyclic) bond motifs is 2. The molecule has 0 aromatic heterocycles. The van der Waals surface area contributed by atoms with Gasteiger partial charge in [0, 0.05) is 18.2 Å². The van der Waals surface area contributed by atoms with Crippen LogP contribution in [0.4, 0.5) is 18.9 Å². The Balaban J connectivity index is 1.96. The summed E-state index contributed by atoms with van der Waals surface area (Å²) in [6.07, 6.45) is 3.33. The van der Waals surface area contributed by atoms with Crippen LogP contribution in [-0.2, 0) is 0 Å². The summed E-state index contributed by atoms with van der Waals surface area (Å²) in [5.74, 6) is -2.02. The topological polar surface area (TPSA) is 12.0 Å². The van der Waals surface area contributed by atoms with Crippen LogP contribution in [-0.4, -0.2) is 6.04 Å². The molecule has 3 unspecified atom stereocenters. The van der Waals surface area contributed by atoms with Crippen molar-refractivity contribution in [2.75, 3.05) is 5.32 Å². The summed E-state index contributed by atoms with van der Waals surface area (Å²) < 4.78 is 40.7. The minimum absolute atomic E-state index is 0.00297. The Morgan fingerprint density at radius 1 is 1.10 bits per heavy atom. The zero-order chi connectivity index (χ0) is 14.7. The molecule has 4 heteroatoms. The van der Waals surface area contributed by atoms with E-state index in [1.807, 2.05) is 0 Å². The van der Waals surface area contributed by atoms with E-state index >= 15 is 0 Å². The second-order valence-corrected chi connectivity index (χ2v) is 7.24. The predicted molar refractivity (Wildman–Crippen MR) is 73.0 cm³/mol. The maximum absolute atomic E-state index is 13.8. The molecule has 0 radical (unpaired) electrons. The smallest absolute Gasteiger partial charge is 0.152 e. The zero-order valence-corrected chi connectivity index (χ0v) is 12.1. The average molecular weight is 283 g/mol. The maximum Gasteiger partial charge on any atom is 0.152 e. The van der Waals surface area contributed by atoms with Gasteiger partial charge in [-0.15, -0.1) is 0 Å². The standard InChI is InChI=1S/C16H20F3N/c1-15(2)9-4-5-16(3,8-9)14(15)20-13-11(18)6-10(17)7-12(13)19/h6-7,9,14,20H,4-5,8H2,1-3H3. The Labute approximate surface area is 117 Å². The Hall–Kier alpha value is -1.19. The summed E-state index contributed by atoms with van der Waals surface area (Å²) in [5.41, 5.74) is -0.153. The van der Waals surface area contributed by atoms with Crippen molar-refractivity contribution >= 4 is 5.69 Å². The van der Waals surface area contributed by atoms with Crippen LogP contribution in [0.15, 0.2) is 12.1 Å². The van der Waals surface area contributed by atoms with Gasteiger partial charge < -0.3 is 5.32 Å². The van der Waals surface area contributed by atoms with Gasteiger partial charge in [-0.05, 0) is 36.0 Å². The van der Waals surface area contributed by atoms with Crippen molar-refractivity contribution in [1.29, 1.82) is 0 Å². The van der Waals surface area contributed by atoms with Crippen LogP contribution in [0.5, 0.6) is 0 Å². The summed E-state index contributed by atoms with van der Waals surface area (Å²) in [4.78, 5) is 0. The fourth-order valence-corrected chi connectivity index (χ4v) is 4.49. The second kappa shape index (κ2) is 4.15. The zero-order valence-electron chi connectivity index (χ0n) is 12.1. The molecule has 1 aromatic rings. The molecule has 20 heavy (non-hydrogen) atoms. The Kier molecular flexibility index (Phi) is 2.86. The first kappa shape index (κ1) is 13.8. The largest absolute Gasteiger partial charge is 0.376 e. The van der Waals surface area contributed by atoms with Crippen molar-refractivity contribution in [3.05, 3.63) is 29.6 Å². The summed E-state index contributed by atoms with van der Waals surface area (Å²) in [5, 5.41) is 3.05. The van der Waals surface area contributed by atoms with Crippen molar-refractivity contribution in [3.8, 4) is 0 Å². The highest BCUT2D eigenvalue weighted by Crippen LogP contribution is 2.63. The molecule has 110 valence electrons. The van der Waals surface area contributed by atoms with Crippen molar-refractivity contribution < 1.29 is 13.2 Å². The first-order valence-corrected chi connectivity index (χ1v) is 7.15. The highest BCUT2D eigenvalue weighted by atomic mass is 19.1. The van der Waals surface area contributed by atoms with Crippen LogP contribution in [0.25, 0.3) is 0 Å². The van der Waals surface area contributed by atoms with E-state index in [4.69, 9.17) is 0 Å². The summed E-state index contributed by atoms with van der Waals surface area (Å²) in [6, 6.07) is 1.46. The quantitative estimate of drug-likeness (QED) is 0.827. The summed E-state index contributed by atoms with van der Waals surface area (Å²) in [7, 11) is 0. The first-order chi connectivity index (χ1) is 9.24. The molecule has 2 bridgehead atoms. The van der Waals surface area contributed by atoms with Gasteiger partial charge in [0.15, 0.2) is 11.6 Å². The van der Waals surface area contributed by atoms with Crippen LogP contribution in [0, 0.1) is 34.2 Å². The molecule has 2 saturated carbocycles. The molecule has 1 N–H and O–H groups in total. The van der Waals surface area contributed by atoms with E-state index in [9.17, 15) is 13.2 Å². The third-order valence-electron chi connectivity index (χ3n) is 5.57. The summed E-state index contributed by atoms with van der Waals surface area (Å²) >= 11 is 0. The fourth-order valence-electron chi connectivity index (χ4n) is 4.49. The van der Waals surface area contributed by atoms with E-state index in [1.54, 1.807) is 0 Å². The number of halogens is 3. The SMILES string of the molecule is CC12CCC(C1)C(C)(C)C2Nc1c(F)cc(F)cc1F. The van der Waals surface area contributed by atoms with Crippen molar-refractivity contribution in [1.82, 2.24) is 0 Å². The first-order valence-electron chi connectivity index (χ1n) is 7.15. The monoisotopic (exact) mass is 283 g/mol. The molecule has 0 spiro atoms. The molecular weight excluding hydrogens is 263 g/mol. The molecule has 0 amide bonds. The molecule has 1 nitrogen and oxygen atoms in total. The Bertz CT molecular complexity index is 527. The highest BCUT2D eigenvalue weighted by molar-refractivity contribution is 5.49. The number of anilines is 1. The van der Waals surface area contributed by atoms with Crippen LogP contribution < -0.4 is 5.32 Å². The van der Waals surface area contributed by atoms with Gasteiger partial charge in [-0.2, -0.15) is 0 Å².